The zero-order valence-electron chi connectivity index (χ0n) is 11.9. The number of hydrogen-bond donors (Lipinski definition) is 1. The molecule has 0 aromatic carbocycles. The van der Waals surface area contributed by atoms with Crippen molar-refractivity contribution in [1.82, 2.24) is 5.32 Å². The van der Waals surface area contributed by atoms with Crippen molar-refractivity contribution in [2.45, 2.75) is 45.9 Å². The molecule has 5 heteroatoms. The van der Waals surface area contributed by atoms with E-state index in [2.05, 4.69) is 39.6 Å². The van der Waals surface area contributed by atoms with Crippen molar-refractivity contribution < 1.29 is 9.47 Å². The molecule has 110 valence electrons. The minimum atomic E-state index is -0.178. The standard InChI is InChI=1S/C14H24BrNO2S/c1-4-7-16-13(14(17-5-2)18-6-3)9-12-8-11(15)10-19-12/h8,10,13-14,16H,4-7,9H2,1-3H3. The number of thiophene rings is 1. The molecule has 1 rings (SSSR count). The van der Waals surface area contributed by atoms with Crippen molar-refractivity contribution in [3.8, 4) is 0 Å². The maximum atomic E-state index is 5.73. The maximum Gasteiger partial charge on any atom is 0.173 e. The fraction of sp³-hybridized carbons (Fsp3) is 0.714. The zero-order chi connectivity index (χ0) is 14.1. The molecule has 0 fully saturated rings. The number of nitrogens with one attached hydrogen (secondary N) is 1. The van der Waals surface area contributed by atoms with Crippen molar-refractivity contribution in [1.29, 1.82) is 0 Å². The molecule has 1 aromatic rings. The molecule has 1 N–H and O–H groups in total. The summed E-state index contributed by atoms with van der Waals surface area (Å²) in [5.41, 5.74) is 0. The molecule has 0 spiro atoms. The van der Waals surface area contributed by atoms with Gasteiger partial charge >= 0.3 is 0 Å². The fourth-order valence-electron chi connectivity index (χ4n) is 1.88. The molecule has 0 aliphatic rings. The molecule has 1 unspecified atom stereocenters. The summed E-state index contributed by atoms with van der Waals surface area (Å²) in [5.74, 6) is 0. The van der Waals surface area contributed by atoms with Crippen molar-refractivity contribution in [3.05, 3.63) is 20.8 Å². The lowest BCUT2D eigenvalue weighted by molar-refractivity contribution is -0.153. The largest absolute Gasteiger partial charge is 0.351 e. The van der Waals surface area contributed by atoms with E-state index in [1.165, 1.54) is 4.88 Å². The van der Waals surface area contributed by atoms with E-state index in [-0.39, 0.29) is 12.3 Å². The van der Waals surface area contributed by atoms with E-state index < -0.39 is 0 Å². The topological polar surface area (TPSA) is 30.5 Å². The molecular weight excluding hydrogens is 326 g/mol. The highest BCUT2D eigenvalue weighted by Gasteiger charge is 2.22. The lowest BCUT2D eigenvalue weighted by Crippen LogP contribution is -2.44. The predicted octanol–water partition coefficient (Wildman–Crippen LogP) is 3.82. The van der Waals surface area contributed by atoms with E-state index >= 15 is 0 Å². The molecule has 1 heterocycles. The van der Waals surface area contributed by atoms with E-state index in [4.69, 9.17) is 9.47 Å². The second-order valence-corrected chi connectivity index (χ2v) is 6.19. The Morgan fingerprint density at radius 3 is 2.42 bits per heavy atom. The van der Waals surface area contributed by atoms with Crippen LogP contribution in [0.4, 0.5) is 0 Å². The molecule has 0 amide bonds. The molecule has 0 radical (unpaired) electrons. The highest BCUT2D eigenvalue weighted by Crippen LogP contribution is 2.22. The van der Waals surface area contributed by atoms with Crippen LogP contribution in [0.2, 0.25) is 0 Å². The summed E-state index contributed by atoms with van der Waals surface area (Å²) in [5, 5.41) is 5.65. The third kappa shape index (κ3) is 6.36. The minimum absolute atomic E-state index is 0.178. The maximum absolute atomic E-state index is 5.73. The Morgan fingerprint density at radius 1 is 1.26 bits per heavy atom. The molecular formula is C14H24BrNO2S. The highest BCUT2D eigenvalue weighted by molar-refractivity contribution is 9.10. The van der Waals surface area contributed by atoms with Crippen LogP contribution in [0.5, 0.6) is 0 Å². The second-order valence-electron chi connectivity index (χ2n) is 4.28. The number of rotatable bonds is 10. The summed E-state index contributed by atoms with van der Waals surface area (Å²) in [4.78, 5) is 1.34. The van der Waals surface area contributed by atoms with Gasteiger partial charge in [0, 0.05) is 34.4 Å². The third-order valence-corrected chi connectivity index (χ3v) is 4.41. The van der Waals surface area contributed by atoms with E-state index in [1.807, 2.05) is 13.8 Å². The van der Waals surface area contributed by atoms with Crippen LogP contribution in [0.15, 0.2) is 15.9 Å². The van der Waals surface area contributed by atoms with E-state index in [9.17, 15) is 0 Å². The van der Waals surface area contributed by atoms with E-state index in [0.29, 0.717) is 13.2 Å². The van der Waals surface area contributed by atoms with Gasteiger partial charge in [0.05, 0.1) is 6.04 Å². The summed E-state index contributed by atoms with van der Waals surface area (Å²) in [7, 11) is 0. The summed E-state index contributed by atoms with van der Waals surface area (Å²) in [6, 6.07) is 2.37. The average molecular weight is 350 g/mol. The van der Waals surface area contributed by atoms with Crippen molar-refractivity contribution >= 4 is 27.3 Å². The van der Waals surface area contributed by atoms with Gasteiger partial charge < -0.3 is 14.8 Å². The zero-order valence-corrected chi connectivity index (χ0v) is 14.4. The molecule has 1 aromatic heterocycles. The first kappa shape index (κ1) is 17.1. The molecule has 3 nitrogen and oxygen atoms in total. The third-order valence-electron chi connectivity index (χ3n) is 2.69. The Balaban J connectivity index is 2.67. The predicted molar refractivity (Wildman–Crippen MR) is 84.8 cm³/mol. The molecule has 0 bridgehead atoms. The van der Waals surface area contributed by atoms with Gasteiger partial charge in [-0.1, -0.05) is 6.92 Å². The van der Waals surface area contributed by atoms with Crippen LogP contribution >= 0.6 is 27.3 Å². The summed E-state index contributed by atoms with van der Waals surface area (Å²) < 4.78 is 12.6. The van der Waals surface area contributed by atoms with Gasteiger partial charge in [-0.15, -0.1) is 11.3 Å². The lowest BCUT2D eigenvalue weighted by Gasteiger charge is -2.27. The normalized spacial score (nSPS) is 13.1. The van der Waals surface area contributed by atoms with Crippen molar-refractivity contribution in [2.75, 3.05) is 19.8 Å². The van der Waals surface area contributed by atoms with Crippen molar-refractivity contribution in [2.24, 2.45) is 0 Å². The number of hydrogen-bond acceptors (Lipinski definition) is 4. The van der Waals surface area contributed by atoms with Crippen LogP contribution in [0, 0.1) is 0 Å². The van der Waals surface area contributed by atoms with Gasteiger partial charge in [-0.05, 0) is 48.8 Å². The van der Waals surface area contributed by atoms with E-state index in [0.717, 1.165) is 23.9 Å². The van der Waals surface area contributed by atoms with Gasteiger partial charge in [-0.2, -0.15) is 0 Å². The Hall–Kier alpha value is 0.0600. The lowest BCUT2D eigenvalue weighted by atomic mass is 10.1. The number of halogens is 1. The van der Waals surface area contributed by atoms with Gasteiger partial charge in [-0.3, -0.25) is 0 Å². The number of ether oxygens (including phenoxy) is 2. The molecule has 0 aliphatic carbocycles. The summed E-state index contributed by atoms with van der Waals surface area (Å²) in [6.07, 6.45) is 1.86. The van der Waals surface area contributed by atoms with Gasteiger partial charge in [0.15, 0.2) is 6.29 Å². The quantitative estimate of drug-likeness (QED) is 0.651. The minimum Gasteiger partial charge on any atom is -0.351 e. The first-order valence-corrected chi connectivity index (χ1v) is 8.57. The van der Waals surface area contributed by atoms with Gasteiger partial charge in [-0.25, -0.2) is 0 Å². The van der Waals surface area contributed by atoms with E-state index in [1.54, 1.807) is 11.3 Å². The smallest absolute Gasteiger partial charge is 0.173 e. The molecule has 19 heavy (non-hydrogen) atoms. The first-order valence-electron chi connectivity index (χ1n) is 6.90. The van der Waals surface area contributed by atoms with Crippen LogP contribution in [-0.4, -0.2) is 32.1 Å². The monoisotopic (exact) mass is 349 g/mol. The van der Waals surface area contributed by atoms with Crippen LogP contribution < -0.4 is 5.32 Å². The molecule has 0 aliphatic heterocycles. The summed E-state index contributed by atoms with van der Waals surface area (Å²) in [6.45, 7) is 8.50. The molecule has 0 saturated carbocycles. The Labute approximate surface area is 128 Å². The van der Waals surface area contributed by atoms with Gasteiger partial charge in [0.2, 0.25) is 0 Å². The van der Waals surface area contributed by atoms with Crippen LogP contribution in [-0.2, 0) is 15.9 Å². The summed E-state index contributed by atoms with van der Waals surface area (Å²) >= 11 is 5.27. The highest BCUT2D eigenvalue weighted by atomic mass is 79.9. The van der Waals surface area contributed by atoms with Gasteiger partial charge in [0.25, 0.3) is 0 Å². The van der Waals surface area contributed by atoms with Crippen LogP contribution in [0.25, 0.3) is 0 Å². The fourth-order valence-corrected chi connectivity index (χ4v) is 3.39. The Kier molecular flexibility index (Phi) is 8.90. The second kappa shape index (κ2) is 9.88. The Bertz CT molecular complexity index is 340. The Morgan fingerprint density at radius 2 is 1.95 bits per heavy atom. The molecule has 1 atom stereocenters. The van der Waals surface area contributed by atoms with Crippen molar-refractivity contribution in [3.63, 3.8) is 0 Å². The first-order chi connectivity index (χ1) is 9.21. The molecule has 0 saturated heterocycles. The van der Waals surface area contributed by atoms with Gasteiger partial charge in [0.1, 0.15) is 0 Å². The van der Waals surface area contributed by atoms with Crippen LogP contribution in [0.1, 0.15) is 32.1 Å². The SMILES string of the molecule is CCCNC(Cc1cc(Br)cs1)C(OCC)OCC. The average Bonchev–Trinajstić information content (AvgIpc) is 2.80. The van der Waals surface area contributed by atoms with Crippen LogP contribution in [0.3, 0.4) is 0 Å².